The molecule has 1 aliphatic carbocycles. The number of nitrogens with zero attached hydrogens (tertiary/aromatic N) is 1. The zero-order valence-corrected chi connectivity index (χ0v) is 10.7. The maximum atomic E-state index is 12.1. The summed E-state index contributed by atoms with van der Waals surface area (Å²) >= 11 is 0. The van der Waals surface area contributed by atoms with Crippen LogP contribution in [-0.2, 0) is 0 Å². The van der Waals surface area contributed by atoms with Gasteiger partial charge in [-0.25, -0.2) is 0 Å². The number of rotatable bonds is 3. The molecule has 1 heterocycles. The van der Waals surface area contributed by atoms with Gasteiger partial charge in [0.25, 0.3) is 5.91 Å². The van der Waals surface area contributed by atoms with Crippen molar-refractivity contribution in [1.29, 1.82) is 0 Å². The van der Waals surface area contributed by atoms with E-state index in [2.05, 4.69) is 10.2 Å². The van der Waals surface area contributed by atoms with Gasteiger partial charge in [-0.1, -0.05) is 6.07 Å². The second-order valence-corrected chi connectivity index (χ2v) is 5.36. The molecule has 2 aliphatic rings. The number of hydrogen-bond donors (Lipinski definition) is 3. The van der Waals surface area contributed by atoms with Gasteiger partial charge in [0.15, 0.2) is 11.5 Å². The molecule has 0 bridgehead atoms. The van der Waals surface area contributed by atoms with E-state index in [1.165, 1.54) is 25.0 Å². The van der Waals surface area contributed by atoms with Crippen LogP contribution in [0.2, 0.25) is 0 Å². The predicted molar refractivity (Wildman–Crippen MR) is 70.2 cm³/mol. The molecule has 5 nitrogen and oxygen atoms in total. The van der Waals surface area contributed by atoms with E-state index in [0.717, 1.165) is 25.6 Å². The van der Waals surface area contributed by atoms with Crippen LogP contribution in [0.5, 0.6) is 11.5 Å². The van der Waals surface area contributed by atoms with Crippen molar-refractivity contribution in [1.82, 2.24) is 10.2 Å². The Morgan fingerprint density at radius 1 is 1.26 bits per heavy atom. The molecule has 0 radical (unpaired) electrons. The highest BCUT2D eigenvalue weighted by atomic mass is 16.3. The van der Waals surface area contributed by atoms with Gasteiger partial charge in [-0.15, -0.1) is 0 Å². The molecule has 1 aromatic carbocycles. The van der Waals surface area contributed by atoms with E-state index in [4.69, 9.17) is 0 Å². The van der Waals surface area contributed by atoms with E-state index in [-0.39, 0.29) is 29.0 Å². The molecule has 1 saturated carbocycles. The summed E-state index contributed by atoms with van der Waals surface area (Å²) in [6, 6.07) is 5.27. The van der Waals surface area contributed by atoms with E-state index >= 15 is 0 Å². The van der Waals surface area contributed by atoms with Gasteiger partial charge in [0.05, 0.1) is 5.56 Å². The maximum absolute atomic E-state index is 12.1. The monoisotopic (exact) mass is 262 g/mol. The molecule has 0 spiro atoms. The molecule has 1 amide bonds. The number of phenols is 2. The quantitative estimate of drug-likeness (QED) is 0.712. The summed E-state index contributed by atoms with van der Waals surface area (Å²) in [7, 11) is 0. The van der Waals surface area contributed by atoms with Crippen LogP contribution in [0.25, 0.3) is 0 Å². The smallest absolute Gasteiger partial charge is 0.255 e. The average molecular weight is 262 g/mol. The largest absolute Gasteiger partial charge is 0.504 e. The van der Waals surface area contributed by atoms with Crippen LogP contribution in [-0.4, -0.2) is 46.2 Å². The summed E-state index contributed by atoms with van der Waals surface area (Å²) in [4.78, 5) is 14.5. The number of phenolic OH excluding ortho intramolecular Hbond substituents is 2. The number of carbonyl (C=O) groups is 1. The molecular weight excluding hydrogens is 244 g/mol. The van der Waals surface area contributed by atoms with Crippen LogP contribution in [0.1, 0.15) is 29.6 Å². The van der Waals surface area contributed by atoms with Crippen molar-refractivity contribution in [2.24, 2.45) is 0 Å². The normalized spacial score (nSPS) is 23.5. The van der Waals surface area contributed by atoms with Crippen molar-refractivity contribution < 1.29 is 15.0 Å². The topological polar surface area (TPSA) is 72.8 Å². The number of para-hydroxylation sites is 1. The number of benzene rings is 1. The maximum Gasteiger partial charge on any atom is 0.255 e. The van der Waals surface area contributed by atoms with E-state index in [1.807, 2.05) is 0 Å². The fraction of sp³-hybridized carbons (Fsp3) is 0.500. The van der Waals surface area contributed by atoms with Crippen LogP contribution < -0.4 is 5.32 Å². The first kappa shape index (κ1) is 12.3. The second-order valence-electron chi connectivity index (χ2n) is 5.36. The molecular formula is C14H18N2O3. The summed E-state index contributed by atoms with van der Waals surface area (Å²) in [5.41, 5.74) is 0.130. The highest BCUT2D eigenvalue weighted by Gasteiger charge is 2.35. The molecule has 1 saturated heterocycles. The summed E-state index contributed by atoms with van der Waals surface area (Å²) in [5.74, 6) is -0.938. The van der Waals surface area contributed by atoms with E-state index in [0.29, 0.717) is 0 Å². The van der Waals surface area contributed by atoms with E-state index < -0.39 is 0 Å². The minimum Gasteiger partial charge on any atom is -0.504 e. The highest BCUT2D eigenvalue weighted by Crippen LogP contribution is 2.31. The van der Waals surface area contributed by atoms with Crippen molar-refractivity contribution in [2.45, 2.75) is 31.3 Å². The summed E-state index contributed by atoms with van der Waals surface area (Å²) < 4.78 is 0. The molecule has 1 unspecified atom stereocenters. The lowest BCUT2D eigenvalue weighted by atomic mass is 10.1. The lowest BCUT2D eigenvalue weighted by Gasteiger charge is -2.16. The van der Waals surface area contributed by atoms with Gasteiger partial charge in [0.2, 0.25) is 0 Å². The van der Waals surface area contributed by atoms with Gasteiger partial charge in [0.1, 0.15) is 0 Å². The third-order valence-electron chi connectivity index (χ3n) is 3.88. The molecule has 19 heavy (non-hydrogen) atoms. The highest BCUT2D eigenvalue weighted by molar-refractivity contribution is 5.97. The number of amides is 1. The third-order valence-corrected chi connectivity index (χ3v) is 3.88. The SMILES string of the molecule is O=C(NC1CCN(C2CC2)C1)c1cccc(O)c1O. The number of carbonyl (C=O) groups excluding carboxylic acids is 1. The van der Waals surface area contributed by atoms with Gasteiger partial charge >= 0.3 is 0 Å². The van der Waals surface area contributed by atoms with Gasteiger partial charge in [-0.3, -0.25) is 9.69 Å². The predicted octanol–water partition coefficient (Wildman–Crippen LogP) is 1.06. The Morgan fingerprint density at radius 2 is 2.05 bits per heavy atom. The minimum absolute atomic E-state index is 0.130. The van der Waals surface area contributed by atoms with Gasteiger partial charge in [-0.05, 0) is 31.4 Å². The zero-order chi connectivity index (χ0) is 13.4. The number of nitrogens with one attached hydrogen (secondary N) is 1. The number of hydrogen-bond acceptors (Lipinski definition) is 4. The Hall–Kier alpha value is -1.75. The van der Waals surface area contributed by atoms with E-state index in [9.17, 15) is 15.0 Å². The Kier molecular flexibility index (Phi) is 3.06. The third kappa shape index (κ3) is 2.51. The van der Waals surface area contributed by atoms with Crippen LogP contribution in [0.15, 0.2) is 18.2 Å². The zero-order valence-electron chi connectivity index (χ0n) is 10.7. The molecule has 1 atom stereocenters. The van der Waals surface area contributed by atoms with Crippen molar-refractivity contribution in [3.63, 3.8) is 0 Å². The van der Waals surface area contributed by atoms with Gasteiger partial charge in [0, 0.05) is 25.2 Å². The van der Waals surface area contributed by atoms with Crippen LogP contribution in [0.3, 0.4) is 0 Å². The van der Waals surface area contributed by atoms with Crippen molar-refractivity contribution in [2.75, 3.05) is 13.1 Å². The molecule has 0 aromatic heterocycles. The Labute approximate surface area is 111 Å². The fourth-order valence-corrected chi connectivity index (χ4v) is 2.65. The lowest BCUT2D eigenvalue weighted by molar-refractivity contribution is 0.0934. The van der Waals surface area contributed by atoms with Crippen molar-refractivity contribution >= 4 is 5.91 Å². The summed E-state index contributed by atoms with van der Waals surface area (Å²) in [6.45, 7) is 1.91. The van der Waals surface area contributed by atoms with Crippen molar-refractivity contribution in [3.05, 3.63) is 23.8 Å². The average Bonchev–Trinajstić information content (AvgIpc) is 3.14. The Balaban J connectivity index is 1.63. The Bertz CT molecular complexity index is 499. The first-order valence-corrected chi connectivity index (χ1v) is 6.71. The molecule has 102 valence electrons. The first-order chi connectivity index (χ1) is 9.15. The van der Waals surface area contributed by atoms with Gasteiger partial charge < -0.3 is 15.5 Å². The second kappa shape index (κ2) is 4.74. The molecule has 1 aliphatic heterocycles. The van der Waals surface area contributed by atoms with Crippen molar-refractivity contribution in [3.8, 4) is 11.5 Å². The lowest BCUT2D eigenvalue weighted by Crippen LogP contribution is -2.37. The van der Waals surface area contributed by atoms with Crippen LogP contribution >= 0.6 is 0 Å². The molecule has 3 N–H and O–H groups in total. The fourth-order valence-electron chi connectivity index (χ4n) is 2.65. The van der Waals surface area contributed by atoms with E-state index in [1.54, 1.807) is 6.07 Å². The number of likely N-dealkylation sites (tertiary alicyclic amines) is 1. The first-order valence-electron chi connectivity index (χ1n) is 6.71. The van der Waals surface area contributed by atoms with Gasteiger partial charge in [-0.2, -0.15) is 0 Å². The number of aromatic hydroxyl groups is 2. The minimum atomic E-state index is -0.350. The molecule has 1 aromatic rings. The van der Waals surface area contributed by atoms with Crippen LogP contribution in [0, 0.1) is 0 Å². The molecule has 5 heteroatoms. The summed E-state index contributed by atoms with van der Waals surface area (Å²) in [6.07, 6.45) is 3.49. The Morgan fingerprint density at radius 3 is 2.79 bits per heavy atom. The standard InChI is InChI=1S/C14H18N2O3/c17-12-3-1-2-11(13(12)18)14(19)15-9-6-7-16(8-9)10-4-5-10/h1-3,9-10,17-18H,4-8H2,(H,15,19). The molecule has 3 rings (SSSR count). The molecule has 2 fully saturated rings. The van der Waals surface area contributed by atoms with Crippen LogP contribution in [0.4, 0.5) is 0 Å². The summed E-state index contributed by atoms with van der Waals surface area (Å²) in [5, 5.41) is 22.0.